The SMILES string of the molecule is NCCCc1cc(-c2ccncc2)ccn1. The van der Waals surface area contributed by atoms with Crippen molar-refractivity contribution >= 4 is 0 Å². The van der Waals surface area contributed by atoms with Gasteiger partial charge in [0.1, 0.15) is 0 Å². The van der Waals surface area contributed by atoms with Gasteiger partial charge in [-0.15, -0.1) is 0 Å². The van der Waals surface area contributed by atoms with Crippen molar-refractivity contribution in [3.8, 4) is 11.1 Å². The Balaban J connectivity index is 2.22. The normalized spacial score (nSPS) is 10.3. The van der Waals surface area contributed by atoms with Crippen LogP contribution in [0.1, 0.15) is 12.1 Å². The predicted octanol–water partition coefficient (Wildman–Crippen LogP) is 2.03. The van der Waals surface area contributed by atoms with E-state index >= 15 is 0 Å². The van der Waals surface area contributed by atoms with Gasteiger partial charge in [0.05, 0.1) is 0 Å². The van der Waals surface area contributed by atoms with Gasteiger partial charge in [-0.3, -0.25) is 9.97 Å². The van der Waals surface area contributed by atoms with Crippen molar-refractivity contribution in [2.45, 2.75) is 12.8 Å². The van der Waals surface area contributed by atoms with Crippen LogP contribution in [0.3, 0.4) is 0 Å². The van der Waals surface area contributed by atoms with Crippen LogP contribution in [-0.2, 0) is 6.42 Å². The number of nitrogens with two attached hydrogens (primary N) is 1. The van der Waals surface area contributed by atoms with Crippen LogP contribution in [-0.4, -0.2) is 16.5 Å². The number of nitrogens with zero attached hydrogens (tertiary/aromatic N) is 2. The first-order chi connectivity index (χ1) is 7.90. The van der Waals surface area contributed by atoms with E-state index in [2.05, 4.69) is 16.0 Å². The third-order valence-electron chi connectivity index (χ3n) is 2.47. The minimum Gasteiger partial charge on any atom is -0.330 e. The van der Waals surface area contributed by atoms with Crippen molar-refractivity contribution in [1.82, 2.24) is 9.97 Å². The van der Waals surface area contributed by atoms with Crippen LogP contribution in [0.25, 0.3) is 11.1 Å². The Bertz CT molecular complexity index is 440. The van der Waals surface area contributed by atoms with Gasteiger partial charge in [-0.05, 0) is 54.8 Å². The summed E-state index contributed by atoms with van der Waals surface area (Å²) >= 11 is 0. The molecule has 0 aromatic carbocycles. The molecule has 0 saturated heterocycles. The zero-order chi connectivity index (χ0) is 11.2. The molecule has 2 aromatic rings. The van der Waals surface area contributed by atoms with Crippen LogP contribution in [0.15, 0.2) is 42.9 Å². The number of hydrogen-bond donors (Lipinski definition) is 1. The summed E-state index contributed by atoms with van der Waals surface area (Å²) in [5.41, 5.74) is 8.94. The van der Waals surface area contributed by atoms with E-state index in [0.717, 1.165) is 18.5 Å². The number of aromatic nitrogens is 2. The van der Waals surface area contributed by atoms with Crippen LogP contribution in [0.2, 0.25) is 0 Å². The highest BCUT2D eigenvalue weighted by Gasteiger charge is 1.99. The van der Waals surface area contributed by atoms with Crippen LogP contribution < -0.4 is 5.73 Å². The van der Waals surface area contributed by atoms with Gasteiger partial charge in [-0.25, -0.2) is 0 Å². The van der Waals surface area contributed by atoms with E-state index in [4.69, 9.17) is 5.73 Å². The third-order valence-corrected chi connectivity index (χ3v) is 2.47. The number of rotatable bonds is 4. The third kappa shape index (κ3) is 2.64. The molecule has 0 atom stereocenters. The number of pyridine rings is 2. The van der Waals surface area contributed by atoms with E-state index in [9.17, 15) is 0 Å². The van der Waals surface area contributed by atoms with Gasteiger partial charge in [-0.1, -0.05) is 0 Å². The molecule has 0 spiro atoms. The fraction of sp³-hybridized carbons (Fsp3) is 0.231. The van der Waals surface area contributed by atoms with Gasteiger partial charge in [0.25, 0.3) is 0 Å². The largest absolute Gasteiger partial charge is 0.330 e. The summed E-state index contributed by atoms with van der Waals surface area (Å²) in [7, 11) is 0. The Hall–Kier alpha value is -1.74. The lowest BCUT2D eigenvalue weighted by Gasteiger charge is -2.03. The molecule has 3 nitrogen and oxygen atoms in total. The number of aryl methyl sites for hydroxylation is 1. The van der Waals surface area contributed by atoms with E-state index < -0.39 is 0 Å². The highest BCUT2D eigenvalue weighted by atomic mass is 14.7. The van der Waals surface area contributed by atoms with Gasteiger partial charge in [0.2, 0.25) is 0 Å². The molecule has 0 radical (unpaired) electrons. The molecule has 16 heavy (non-hydrogen) atoms. The first kappa shape index (κ1) is 10.8. The maximum atomic E-state index is 5.49. The van der Waals surface area contributed by atoms with Gasteiger partial charge in [0.15, 0.2) is 0 Å². The maximum Gasteiger partial charge on any atom is 0.0410 e. The maximum absolute atomic E-state index is 5.49. The van der Waals surface area contributed by atoms with Gasteiger partial charge in [0, 0.05) is 24.3 Å². The summed E-state index contributed by atoms with van der Waals surface area (Å²) < 4.78 is 0. The lowest BCUT2D eigenvalue weighted by atomic mass is 10.1. The van der Waals surface area contributed by atoms with Crippen molar-refractivity contribution in [3.63, 3.8) is 0 Å². The molecular weight excluding hydrogens is 198 g/mol. The summed E-state index contributed by atoms with van der Waals surface area (Å²) in [5, 5.41) is 0. The zero-order valence-electron chi connectivity index (χ0n) is 9.13. The Labute approximate surface area is 95.4 Å². The topological polar surface area (TPSA) is 51.8 Å². The van der Waals surface area contributed by atoms with Crippen molar-refractivity contribution in [1.29, 1.82) is 0 Å². The Morgan fingerprint density at radius 2 is 1.75 bits per heavy atom. The van der Waals surface area contributed by atoms with Crippen molar-refractivity contribution in [2.75, 3.05) is 6.54 Å². The fourth-order valence-electron chi connectivity index (χ4n) is 1.62. The van der Waals surface area contributed by atoms with Crippen LogP contribution in [0.5, 0.6) is 0 Å². The van der Waals surface area contributed by atoms with E-state index in [-0.39, 0.29) is 0 Å². The average Bonchev–Trinajstić information content (AvgIpc) is 2.38. The standard InChI is InChI=1S/C13H15N3/c14-6-1-2-13-10-12(5-9-16-13)11-3-7-15-8-4-11/h3-5,7-10H,1-2,6,14H2. The van der Waals surface area contributed by atoms with Crippen molar-refractivity contribution < 1.29 is 0 Å². The first-order valence-electron chi connectivity index (χ1n) is 5.45. The fourth-order valence-corrected chi connectivity index (χ4v) is 1.62. The highest BCUT2D eigenvalue weighted by Crippen LogP contribution is 2.18. The monoisotopic (exact) mass is 213 g/mol. The molecule has 2 N–H and O–H groups in total. The Morgan fingerprint density at radius 3 is 2.50 bits per heavy atom. The van der Waals surface area contributed by atoms with Crippen LogP contribution in [0.4, 0.5) is 0 Å². The molecule has 0 amide bonds. The van der Waals surface area contributed by atoms with Crippen molar-refractivity contribution in [3.05, 3.63) is 48.5 Å². The molecule has 2 heterocycles. The van der Waals surface area contributed by atoms with Crippen molar-refractivity contribution in [2.24, 2.45) is 5.73 Å². The summed E-state index contributed by atoms with van der Waals surface area (Å²) in [4.78, 5) is 8.34. The molecule has 0 aliphatic rings. The second-order valence-electron chi connectivity index (χ2n) is 3.66. The second-order valence-corrected chi connectivity index (χ2v) is 3.66. The zero-order valence-corrected chi connectivity index (χ0v) is 9.13. The molecule has 0 fully saturated rings. The average molecular weight is 213 g/mol. The molecule has 2 rings (SSSR count). The molecule has 2 aromatic heterocycles. The van der Waals surface area contributed by atoms with E-state index in [1.54, 1.807) is 12.4 Å². The molecule has 0 aliphatic heterocycles. The van der Waals surface area contributed by atoms with E-state index in [1.165, 1.54) is 11.1 Å². The lowest BCUT2D eigenvalue weighted by molar-refractivity contribution is 0.811. The van der Waals surface area contributed by atoms with Crippen LogP contribution >= 0.6 is 0 Å². The molecule has 0 aliphatic carbocycles. The minimum atomic E-state index is 0.709. The summed E-state index contributed by atoms with van der Waals surface area (Å²) in [6.07, 6.45) is 7.37. The van der Waals surface area contributed by atoms with Gasteiger partial charge in [-0.2, -0.15) is 0 Å². The van der Waals surface area contributed by atoms with E-state index in [0.29, 0.717) is 6.54 Å². The second kappa shape index (κ2) is 5.37. The molecular formula is C13H15N3. The molecule has 82 valence electrons. The minimum absolute atomic E-state index is 0.709. The van der Waals surface area contributed by atoms with E-state index in [1.807, 2.05) is 24.4 Å². The highest BCUT2D eigenvalue weighted by molar-refractivity contribution is 5.62. The molecule has 0 bridgehead atoms. The first-order valence-corrected chi connectivity index (χ1v) is 5.45. The smallest absolute Gasteiger partial charge is 0.0410 e. The quantitative estimate of drug-likeness (QED) is 0.845. The Morgan fingerprint density at radius 1 is 1.00 bits per heavy atom. The summed E-state index contributed by atoms with van der Waals surface area (Å²) in [6, 6.07) is 8.14. The molecule has 3 heteroatoms. The summed E-state index contributed by atoms with van der Waals surface area (Å²) in [6.45, 7) is 0.709. The predicted molar refractivity (Wildman–Crippen MR) is 64.8 cm³/mol. The lowest BCUT2D eigenvalue weighted by Crippen LogP contribution is -2.01. The Kier molecular flexibility index (Phi) is 3.62. The van der Waals surface area contributed by atoms with Crippen LogP contribution in [0, 0.1) is 0 Å². The summed E-state index contributed by atoms with van der Waals surface area (Å²) in [5.74, 6) is 0. The van der Waals surface area contributed by atoms with Gasteiger partial charge < -0.3 is 5.73 Å². The van der Waals surface area contributed by atoms with Gasteiger partial charge >= 0.3 is 0 Å². The molecule has 0 saturated carbocycles. The number of hydrogen-bond acceptors (Lipinski definition) is 3. The molecule has 0 unspecified atom stereocenters.